The van der Waals surface area contributed by atoms with Gasteiger partial charge in [-0.15, -0.1) is 0 Å². The third kappa shape index (κ3) is 1.16. The van der Waals surface area contributed by atoms with Gasteiger partial charge in [-0.2, -0.15) is 0 Å². The highest BCUT2D eigenvalue weighted by atomic mass is 16.3. The average Bonchev–Trinajstić information content (AvgIpc) is 0.811. The molecule has 0 N–H and O–H groups in total. The molecule has 0 radical (unpaired) electrons. The lowest BCUT2D eigenvalue weighted by Gasteiger charge is -1.77. The molecule has 0 heterocycles. The molecule has 0 saturated heterocycles. The Labute approximate surface area is 24.1 Å². The van der Waals surface area contributed by atoms with Crippen LogP contribution in [-0.2, 0) is 4.79 Å². The van der Waals surface area contributed by atoms with Crippen LogP contribution in [-0.4, -0.2) is 5.97 Å². The van der Waals surface area contributed by atoms with Gasteiger partial charge in [-0.05, 0) is 6.92 Å². The zero-order valence-corrected chi connectivity index (χ0v) is 2.32. The number of carboxylic acid groups (broad SMARTS) is 1. The van der Waals surface area contributed by atoms with Gasteiger partial charge in [0.15, 0.2) is 0 Å². The standard InChI is InChI=1S/C2H4O2/c1-2(3)4/h1H3,(H,3,4)/p-1/i2-1. The van der Waals surface area contributed by atoms with Gasteiger partial charge < -0.3 is 9.90 Å². The Kier molecular flexibility index (Phi) is 0.759. The van der Waals surface area contributed by atoms with E-state index >= 15 is 0 Å². The Morgan fingerprint density at radius 2 is 2.00 bits per heavy atom. The first-order valence-electron chi connectivity index (χ1n) is 0.908. The molecule has 0 aliphatic carbocycles. The molecule has 0 aliphatic rings. The van der Waals surface area contributed by atoms with Crippen molar-refractivity contribution in [3.63, 3.8) is 0 Å². The van der Waals surface area contributed by atoms with Crippen molar-refractivity contribution in [3.05, 3.63) is 0 Å². The first-order valence-corrected chi connectivity index (χ1v) is 0.908. The van der Waals surface area contributed by atoms with Gasteiger partial charge in [-0.1, -0.05) is 0 Å². The second-order valence-electron chi connectivity index (χ2n) is 0.492. The molecule has 2 nitrogen and oxygen atoms in total. The molecule has 0 aliphatic heterocycles. The van der Waals surface area contributed by atoms with Gasteiger partial charge in [0.1, 0.15) is 0 Å². The number of rotatable bonds is 0. The number of carboxylic acids is 1. The quantitative estimate of drug-likeness (QED) is 0.349. The van der Waals surface area contributed by atoms with Gasteiger partial charge in [-0.25, -0.2) is 0 Å². The summed E-state index contributed by atoms with van der Waals surface area (Å²) in [5.74, 6) is -1.08. The topological polar surface area (TPSA) is 40.1 Å². The van der Waals surface area contributed by atoms with Crippen molar-refractivity contribution in [2.75, 3.05) is 0 Å². The monoisotopic (exact) mass is 58.0 g/mol. The molecular weight excluding hydrogens is 55.0 g/mol. The van der Waals surface area contributed by atoms with Crippen LogP contribution < -0.4 is 5.11 Å². The summed E-state index contributed by atoms with van der Waals surface area (Å²) in [6.45, 7) is 0.972. The van der Waals surface area contributed by atoms with Crippen LogP contribution in [0.2, 0.25) is 0 Å². The highest BCUT2D eigenvalue weighted by Gasteiger charge is 1.46. The zero-order valence-electron chi connectivity index (χ0n) is 2.32. The van der Waals surface area contributed by atoms with Crippen molar-refractivity contribution in [1.29, 1.82) is 0 Å². The minimum Gasteiger partial charge on any atom is -0.550 e. The Bertz CT molecular complexity index is 27.0. The van der Waals surface area contributed by atoms with Crippen molar-refractivity contribution >= 4 is 5.97 Å². The molecule has 0 unspecified atom stereocenters. The summed E-state index contributed by atoms with van der Waals surface area (Å²) < 4.78 is 0. The molecule has 0 bridgehead atoms. The first-order chi connectivity index (χ1) is 1.73. The fourth-order valence-corrected chi connectivity index (χ4v) is 0. The molecule has 2 heteroatoms. The summed E-state index contributed by atoms with van der Waals surface area (Å²) in [5.41, 5.74) is 0. The number of hydrogen-bond donors (Lipinski definition) is 0. The SMILES string of the molecule is C[11C](=O)[O-]. The summed E-state index contributed by atoms with van der Waals surface area (Å²) in [5, 5.41) is 8.89. The fourth-order valence-electron chi connectivity index (χ4n) is 0. The van der Waals surface area contributed by atoms with Crippen LogP contribution in [0.15, 0.2) is 0 Å². The zero-order chi connectivity index (χ0) is 3.58. The molecular formula is C2H3O2-. The minimum absolute atomic E-state index is 0.972. The van der Waals surface area contributed by atoms with Crippen LogP contribution in [0.1, 0.15) is 6.92 Å². The van der Waals surface area contributed by atoms with Crippen LogP contribution in [0.25, 0.3) is 0 Å². The number of aliphatic carboxylic acids is 1. The Hall–Kier alpha value is -0.530. The molecule has 24 valence electrons. The molecule has 0 aromatic heterocycles. The molecule has 4 heavy (non-hydrogen) atoms. The van der Waals surface area contributed by atoms with Gasteiger partial charge in [0, 0.05) is 5.97 Å². The summed E-state index contributed by atoms with van der Waals surface area (Å²) in [6, 6.07) is 0. The van der Waals surface area contributed by atoms with Crippen molar-refractivity contribution in [2.24, 2.45) is 0 Å². The van der Waals surface area contributed by atoms with E-state index in [2.05, 4.69) is 0 Å². The molecule has 0 amide bonds. The third-order valence-corrected chi connectivity index (χ3v) is 0. The maximum atomic E-state index is 8.89. The average molecular weight is 58.0 g/mol. The summed E-state index contributed by atoms with van der Waals surface area (Å²) in [6.07, 6.45) is 0. The van der Waals surface area contributed by atoms with Gasteiger partial charge in [-0.3, -0.25) is 0 Å². The summed E-state index contributed by atoms with van der Waals surface area (Å²) >= 11 is 0. The fraction of sp³-hybridized carbons (Fsp3) is 0.500. The minimum atomic E-state index is -1.08. The van der Waals surface area contributed by atoms with Crippen molar-refractivity contribution in [2.45, 2.75) is 6.92 Å². The van der Waals surface area contributed by atoms with E-state index in [0.717, 1.165) is 6.92 Å². The summed E-state index contributed by atoms with van der Waals surface area (Å²) in [4.78, 5) is 8.89. The van der Waals surface area contributed by atoms with Crippen LogP contribution >= 0.6 is 0 Å². The van der Waals surface area contributed by atoms with Crippen molar-refractivity contribution in [1.82, 2.24) is 0 Å². The normalized spacial score (nSPS) is 6.25. The first kappa shape index (κ1) is 3.47. The lowest BCUT2D eigenvalue weighted by molar-refractivity contribution is -0.302. The Morgan fingerprint density at radius 1 is 2.00 bits per heavy atom. The Balaban J connectivity index is 2.80. The van der Waals surface area contributed by atoms with E-state index in [9.17, 15) is 0 Å². The molecule has 0 saturated carbocycles. The highest BCUT2D eigenvalue weighted by molar-refractivity contribution is 5.60. The maximum Gasteiger partial charge on any atom is 0.0383 e. The lowest BCUT2D eigenvalue weighted by Crippen LogP contribution is -2.16. The molecule has 0 aromatic carbocycles. The van der Waals surface area contributed by atoms with Gasteiger partial charge in [0.25, 0.3) is 0 Å². The second kappa shape index (κ2) is 0.875. The largest absolute Gasteiger partial charge is 0.550 e. The maximum absolute atomic E-state index is 8.89. The molecule has 0 rings (SSSR count). The van der Waals surface area contributed by atoms with E-state index in [1.165, 1.54) is 0 Å². The Morgan fingerprint density at radius 3 is 2.00 bits per heavy atom. The lowest BCUT2D eigenvalue weighted by atomic mass is 10.2. The van der Waals surface area contributed by atoms with Crippen LogP contribution in [0, 0.1) is 0 Å². The molecule has 0 spiro atoms. The predicted molar refractivity (Wildman–Crippen MR) is 10.7 cm³/mol. The molecule has 0 fully saturated rings. The van der Waals surface area contributed by atoms with E-state index in [-0.39, 0.29) is 0 Å². The highest BCUT2D eigenvalue weighted by Crippen LogP contribution is 1.31. The van der Waals surface area contributed by atoms with E-state index in [1.807, 2.05) is 0 Å². The van der Waals surface area contributed by atoms with Crippen LogP contribution in [0.5, 0.6) is 0 Å². The number of carbonyl (C=O) groups excluding carboxylic acids is 1. The van der Waals surface area contributed by atoms with Crippen LogP contribution in [0.4, 0.5) is 0 Å². The number of hydrogen-bond acceptors (Lipinski definition) is 2. The van der Waals surface area contributed by atoms with Crippen molar-refractivity contribution < 1.29 is 9.90 Å². The van der Waals surface area contributed by atoms with E-state index < -0.39 is 5.97 Å². The predicted octanol–water partition coefficient (Wildman–Crippen LogP) is -1.24. The van der Waals surface area contributed by atoms with Crippen LogP contribution in [0.3, 0.4) is 0 Å². The second-order valence-corrected chi connectivity index (χ2v) is 0.492. The van der Waals surface area contributed by atoms with Gasteiger partial charge >= 0.3 is 0 Å². The smallest absolute Gasteiger partial charge is 0.0383 e. The number of carbonyl (C=O) groups is 1. The van der Waals surface area contributed by atoms with E-state index in [1.54, 1.807) is 0 Å². The van der Waals surface area contributed by atoms with E-state index in [4.69, 9.17) is 9.90 Å². The van der Waals surface area contributed by atoms with E-state index in [0.29, 0.717) is 0 Å². The summed E-state index contributed by atoms with van der Waals surface area (Å²) in [7, 11) is 0. The molecule has 0 atom stereocenters. The van der Waals surface area contributed by atoms with Gasteiger partial charge in [0.05, 0.1) is 0 Å². The van der Waals surface area contributed by atoms with Gasteiger partial charge in [0.2, 0.25) is 0 Å². The third-order valence-electron chi connectivity index (χ3n) is 0. The molecule has 0 aromatic rings. The van der Waals surface area contributed by atoms with Crippen molar-refractivity contribution in [3.8, 4) is 0 Å².